The van der Waals surface area contributed by atoms with Crippen molar-refractivity contribution in [2.24, 2.45) is 5.92 Å². The highest BCUT2D eigenvalue weighted by molar-refractivity contribution is 6.25. The molecule has 1 aliphatic carbocycles. The Morgan fingerprint density at radius 1 is 1.43 bits per heavy atom. The quantitative estimate of drug-likeness (QED) is 0.890. The number of rotatable bonds is 2. The number of likely N-dealkylation sites (tertiary alicyclic amines) is 1. The molecule has 3 heteroatoms. The van der Waals surface area contributed by atoms with Crippen molar-refractivity contribution in [3.05, 3.63) is 40.9 Å². The molecule has 2 nitrogen and oxygen atoms in total. The molecule has 114 valence electrons. The van der Waals surface area contributed by atoms with E-state index in [1.54, 1.807) is 5.54 Å². The zero-order valence-electron chi connectivity index (χ0n) is 12.8. The van der Waals surface area contributed by atoms with Gasteiger partial charge >= 0.3 is 0 Å². The van der Waals surface area contributed by atoms with Gasteiger partial charge < -0.3 is 5.11 Å². The maximum Gasteiger partial charge on any atom is 0.115 e. The maximum absolute atomic E-state index is 9.85. The van der Waals surface area contributed by atoms with Crippen LogP contribution in [-0.4, -0.2) is 29.1 Å². The predicted octanol–water partition coefficient (Wildman–Crippen LogP) is 4.06. The van der Waals surface area contributed by atoms with Crippen LogP contribution in [0, 0.1) is 5.92 Å². The molecule has 1 heterocycles. The van der Waals surface area contributed by atoms with E-state index >= 15 is 0 Å². The molecule has 1 saturated heterocycles. The first-order chi connectivity index (χ1) is 10.0. The summed E-state index contributed by atoms with van der Waals surface area (Å²) in [5, 5.41) is 9.85. The van der Waals surface area contributed by atoms with Gasteiger partial charge in [0, 0.05) is 18.1 Å². The van der Waals surface area contributed by atoms with E-state index in [0.29, 0.717) is 17.7 Å². The topological polar surface area (TPSA) is 23.5 Å². The summed E-state index contributed by atoms with van der Waals surface area (Å²) in [6.45, 7) is 6.77. The standard InChI is InChI=1S/C18H24ClNO/c1-18(2)15-5-3-9-20(10-4-8-19)17(15)11-13-6-7-14(21)12-16(13)18/h4,6-8,12,15,17,21H,3,5,9-11H2,1-2H3/b8-4+. The van der Waals surface area contributed by atoms with Crippen LogP contribution in [0.3, 0.4) is 0 Å². The molecular formula is C18H24ClNO. The van der Waals surface area contributed by atoms with Gasteiger partial charge in [0.2, 0.25) is 0 Å². The van der Waals surface area contributed by atoms with Gasteiger partial charge in [0.15, 0.2) is 0 Å². The summed E-state index contributed by atoms with van der Waals surface area (Å²) in [6.07, 6.45) is 5.64. The highest BCUT2D eigenvalue weighted by Gasteiger charge is 2.45. The van der Waals surface area contributed by atoms with Gasteiger partial charge in [0.1, 0.15) is 5.75 Å². The first-order valence-electron chi connectivity index (χ1n) is 7.85. The van der Waals surface area contributed by atoms with Crippen LogP contribution in [-0.2, 0) is 11.8 Å². The van der Waals surface area contributed by atoms with Crippen LogP contribution in [0.25, 0.3) is 0 Å². The number of aromatic hydroxyl groups is 1. The van der Waals surface area contributed by atoms with Gasteiger partial charge in [-0.25, -0.2) is 0 Å². The average Bonchev–Trinajstić information content (AvgIpc) is 2.46. The van der Waals surface area contributed by atoms with E-state index in [1.807, 2.05) is 18.2 Å². The summed E-state index contributed by atoms with van der Waals surface area (Å²) in [4.78, 5) is 2.57. The number of nitrogens with zero attached hydrogens (tertiary/aromatic N) is 1. The van der Waals surface area contributed by atoms with Gasteiger partial charge in [-0.15, -0.1) is 0 Å². The van der Waals surface area contributed by atoms with E-state index in [4.69, 9.17) is 11.6 Å². The normalized spacial score (nSPS) is 28.3. The van der Waals surface area contributed by atoms with E-state index in [2.05, 4.69) is 24.8 Å². The molecule has 3 rings (SSSR count). The smallest absolute Gasteiger partial charge is 0.115 e. The zero-order valence-corrected chi connectivity index (χ0v) is 13.6. The number of benzene rings is 1. The Morgan fingerprint density at radius 2 is 2.24 bits per heavy atom. The number of piperidine rings is 1. The van der Waals surface area contributed by atoms with Crippen molar-refractivity contribution in [3.63, 3.8) is 0 Å². The SMILES string of the molecule is CC1(C)c2cc(O)ccc2CC2C1CCCN2C/C=C/Cl. The minimum atomic E-state index is 0.111. The Balaban J connectivity index is 1.98. The molecule has 2 unspecified atom stereocenters. The van der Waals surface area contributed by atoms with Crippen LogP contribution < -0.4 is 0 Å². The Bertz CT molecular complexity index is 552. The highest BCUT2D eigenvalue weighted by atomic mass is 35.5. The number of fused-ring (bicyclic) bond motifs is 2. The van der Waals surface area contributed by atoms with E-state index in [-0.39, 0.29) is 5.41 Å². The largest absolute Gasteiger partial charge is 0.508 e. The lowest BCUT2D eigenvalue weighted by Crippen LogP contribution is -2.55. The fraction of sp³-hybridized carbons (Fsp3) is 0.556. The van der Waals surface area contributed by atoms with Crippen molar-refractivity contribution in [2.75, 3.05) is 13.1 Å². The third kappa shape index (κ3) is 2.60. The van der Waals surface area contributed by atoms with Crippen molar-refractivity contribution >= 4 is 11.6 Å². The van der Waals surface area contributed by atoms with E-state index in [0.717, 1.165) is 19.5 Å². The fourth-order valence-electron chi connectivity index (χ4n) is 4.41. The molecule has 1 fully saturated rings. The number of halogens is 1. The third-order valence-electron chi connectivity index (χ3n) is 5.47. The highest BCUT2D eigenvalue weighted by Crippen LogP contribution is 2.47. The predicted molar refractivity (Wildman–Crippen MR) is 87.9 cm³/mol. The van der Waals surface area contributed by atoms with E-state index in [1.165, 1.54) is 24.0 Å². The van der Waals surface area contributed by atoms with Crippen molar-refractivity contribution in [1.82, 2.24) is 4.90 Å². The summed E-state index contributed by atoms with van der Waals surface area (Å²) in [7, 11) is 0. The van der Waals surface area contributed by atoms with E-state index in [9.17, 15) is 5.11 Å². The van der Waals surface area contributed by atoms with E-state index < -0.39 is 0 Å². The molecule has 2 atom stereocenters. The molecule has 0 aromatic heterocycles. The Hall–Kier alpha value is -0.990. The van der Waals surface area contributed by atoms with Gasteiger partial charge in [-0.3, -0.25) is 4.90 Å². The number of hydrogen-bond acceptors (Lipinski definition) is 2. The van der Waals surface area contributed by atoms with Gasteiger partial charge in [0.25, 0.3) is 0 Å². The second kappa shape index (κ2) is 5.66. The molecule has 21 heavy (non-hydrogen) atoms. The van der Waals surface area contributed by atoms with Gasteiger partial charge in [-0.2, -0.15) is 0 Å². The fourth-order valence-corrected chi connectivity index (χ4v) is 4.49. The van der Waals surface area contributed by atoms with Crippen molar-refractivity contribution in [2.45, 2.75) is 44.6 Å². The van der Waals surface area contributed by atoms with Crippen molar-refractivity contribution in [1.29, 1.82) is 0 Å². The Kier molecular flexibility index (Phi) is 4.02. The third-order valence-corrected chi connectivity index (χ3v) is 5.64. The number of phenolic OH excluding ortho intramolecular Hbond substituents is 1. The summed E-state index contributed by atoms with van der Waals surface area (Å²) < 4.78 is 0. The molecule has 1 N–H and O–H groups in total. The monoisotopic (exact) mass is 305 g/mol. The first-order valence-corrected chi connectivity index (χ1v) is 8.29. The minimum Gasteiger partial charge on any atom is -0.508 e. The molecular weight excluding hydrogens is 282 g/mol. The lowest BCUT2D eigenvalue weighted by molar-refractivity contribution is 0.0527. The lowest BCUT2D eigenvalue weighted by atomic mass is 9.60. The molecule has 2 aliphatic rings. The lowest BCUT2D eigenvalue weighted by Gasteiger charge is -2.52. The van der Waals surface area contributed by atoms with Crippen LogP contribution in [0.2, 0.25) is 0 Å². The molecule has 0 radical (unpaired) electrons. The first kappa shape index (κ1) is 14.9. The average molecular weight is 306 g/mol. The van der Waals surface area contributed by atoms with Gasteiger partial charge in [0.05, 0.1) is 0 Å². The molecule has 0 saturated carbocycles. The Labute approximate surface area is 132 Å². The zero-order chi connectivity index (χ0) is 15.0. The molecule has 1 aromatic carbocycles. The van der Waals surface area contributed by atoms with Crippen LogP contribution >= 0.6 is 11.6 Å². The molecule has 1 aliphatic heterocycles. The molecule has 1 aromatic rings. The number of phenols is 1. The van der Waals surface area contributed by atoms with Crippen molar-refractivity contribution in [3.8, 4) is 5.75 Å². The van der Waals surface area contributed by atoms with Gasteiger partial charge in [-0.05, 0) is 60.4 Å². The Morgan fingerprint density at radius 3 is 3.00 bits per heavy atom. The summed E-state index contributed by atoms with van der Waals surface area (Å²) in [5.41, 5.74) is 4.46. The minimum absolute atomic E-state index is 0.111. The molecule has 0 spiro atoms. The summed E-state index contributed by atoms with van der Waals surface area (Å²) in [5.74, 6) is 1.03. The molecule has 0 bridgehead atoms. The second-order valence-electron chi connectivity index (χ2n) is 6.94. The van der Waals surface area contributed by atoms with Crippen LogP contribution in [0.15, 0.2) is 29.8 Å². The molecule has 0 amide bonds. The van der Waals surface area contributed by atoms with Crippen LogP contribution in [0.1, 0.15) is 37.8 Å². The van der Waals surface area contributed by atoms with Gasteiger partial charge in [-0.1, -0.05) is 37.6 Å². The second-order valence-corrected chi connectivity index (χ2v) is 7.19. The maximum atomic E-state index is 9.85. The van der Waals surface area contributed by atoms with Crippen molar-refractivity contribution < 1.29 is 5.11 Å². The summed E-state index contributed by atoms with van der Waals surface area (Å²) >= 11 is 5.72. The van der Waals surface area contributed by atoms with Crippen LogP contribution in [0.4, 0.5) is 0 Å². The van der Waals surface area contributed by atoms with Crippen LogP contribution in [0.5, 0.6) is 5.75 Å². The summed E-state index contributed by atoms with van der Waals surface area (Å²) in [6, 6.07) is 6.48. The number of hydrogen-bond donors (Lipinski definition) is 1.